The Kier molecular flexibility index (Phi) is 7.86. The molecule has 7 rings (SSSR count). The SMILES string of the molecule is Cc1cc(Oc2[c-]c3c(cc2)c2ccccc2n3-c2cc(C)ccn2)[c-]c(-n2nc(C)c(-c3c(F)cc(F)cc3F)c2C)c1.[Pd+2]. The fourth-order valence-corrected chi connectivity index (χ4v) is 5.78. The normalized spacial score (nSPS) is 11.3. The van der Waals surface area contributed by atoms with Crippen molar-refractivity contribution in [3.05, 3.63) is 131 Å². The molecule has 9 heteroatoms. The molecule has 0 aliphatic rings. The summed E-state index contributed by atoms with van der Waals surface area (Å²) in [5, 5.41) is 6.64. The van der Waals surface area contributed by atoms with Crippen LogP contribution in [0.5, 0.6) is 11.5 Å². The largest absolute Gasteiger partial charge is 2.00 e. The van der Waals surface area contributed by atoms with Crippen LogP contribution in [0.1, 0.15) is 22.5 Å². The molecule has 0 saturated carbocycles. The van der Waals surface area contributed by atoms with Gasteiger partial charge >= 0.3 is 20.4 Å². The van der Waals surface area contributed by atoms with E-state index in [1.807, 2.05) is 62.4 Å². The minimum atomic E-state index is -0.991. The number of para-hydroxylation sites is 1. The number of ether oxygens (including phenoxy) is 1. The van der Waals surface area contributed by atoms with Crippen molar-refractivity contribution in [3.63, 3.8) is 0 Å². The molecule has 0 amide bonds. The summed E-state index contributed by atoms with van der Waals surface area (Å²) in [5.74, 6) is -1.29. The van der Waals surface area contributed by atoms with Crippen molar-refractivity contribution < 1.29 is 38.3 Å². The molecule has 0 radical (unpaired) electrons. The number of halogens is 3. The molecule has 0 N–H and O–H groups in total. The molecule has 0 unspecified atom stereocenters. The summed E-state index contributed by atoms with van der Waals surface area (Å²) in [6.45, 7) is 7.29. The van der Waals surface area contributed by atoms with E-state index in [2.05, 4.69) is 38.9 Å². The third-order valence-corrected chi connectivity index (χ3v) is 7.66. The Morgan fingerprint density at radius 1 is 0.733 bits per heavy atom. The molecule has 0 spiro atoms. The molecule has 5 nitrogen and oxygen atoms in total. The number of hydrogen-bond donors (Lipinski definition) is 0. The Morgan fingerprint density at radius 3 is 2.24 bits per heavy atom. The predicted octanol–water partition coefficient (Wildman–Crippen LogP) is 9.07. The zero-order valence-corrected chi connectivity index (χ0v) is 26.2. The van der Waals surface area contributed by atoms with Gasteiger partial charge in [-0.1, -0.05) is 30.6 Å². The van der Waals surface area contributed by atoms with E-state index in [-0.39, 0.29) is 31.5 Å². The number of benzene rings is 4. The van der Waals surface area contributed by atoms with Crippen molar-refractivity contribution in [3.8, 4) is 34.1 Å². The summed E-state index contributed by atoms with van der Waals surface area (Å²) < 4.78 is 53.0. The Morgan fingerprint density at radius 2 is 1.49 bits per heavy atom. The molecule has 226 valence electrons. The standard InChI is InChI=1S/C36H25F3N4O.Pd/c1-20-11-12-40-34(15-20)42-32-8-6-5-7-28(32)29-10-9-26(19-33(29)42)44-27-14-21(2)13-25(18-27)43-23(4)35(22(3)41-43)36-30(38)16-24(37)17-31(36)39;/h5-17H,1-4H3;/q-2;+2. The van der Waals surface area contributed by atoms with Crippen LogP contribution in [-0.4, -0.2) is 19.3 Å². The number of fused-ring (bicyclic) bond motifs is 3. The first-order valence-corrected chi connectivity index (χ1v) is 14.0. The third-order valence-electron chi connectivity index (χ3n) is 7.66. The Labute approximate surface area is 271 Å². The zero-order valence-electron chi connectivity index (χ0n) is 24.7. The molecule has 0 saturated heterocycles. The van der Waals surface area contributed by atoms with Gasteiger partial charge < -0.3 is 9.30 Å². The number of pyridine rings is 1. The molecular formula is C36H25F3N4OPd. The van der Waals surface area contributed by atoms with Crippen molar-refractivity contribution in [2.45, 2.75) is 27.7 Å². The monoisotopic (exact) mass is 692 g/mol. The maximum atomic E-state index is 14.7. The summed E-state index contributed by atoms with van der Waals surface area (Å²) in [6, 6.07) is 27.7. The van der Waals surface area contributed by atoms with Crippen LogP contribution in [0.4, 0.5) is 13.2 Å². The van der Waals surface area contributed by atoms with Gasteiger partial charge in [-0.15, -0.1) is 35.7 Å². The minimum absolute atomic E-state index is 0. The van der Waals surface area contributed by atoms with Crippen molar-refractivity contribution in [1.82, 2.24) is 19.3 Å². The van der Waals surface area contributed by atoms with Crippen LogP contribution in [0.25, 0.3) is 44.4 Å². The van der Waals surface area contributed by atoms with Gasteiger partial charge in [0, 0.05) is 46.6 Å². The van der Waals surface area contributed by atoms with Crippen LogP contribution in [0.15, 0.2) is 79.0 Å². The van der Waals surface area contributed by atoms with E-state index in [4.69, 9.17) is 4.74 Å². The fourth-order valence-electron chi connectivity index (χ4n) is 5.78. The third kappa shape index (κ3) is 5.33. The van der Waals surface area contributed by atoms with Crippen LogP contribution in [0, 0.1) is 57.3 Å². The van der Waals surface area contributed by atoms with Gasteiger partial charge in [0.25, 0.3) is 0 Å². The van der Waals surface area contributed by atoms with Gasteiger partial charge in [0.15, 0.2) is 0 Å². The average molecular weight is 693 g/mol. The van der Waals surface area contributed by atoms with Gasteiger partial charge in [0.1, 0.15) is 23.3 Å². The molecule has 4 aromatic carbocycles. The first-order valence-electron chi connectivity index (χ1n) is 14.0. The fraction of sp³-hybridized carbons (Fsp3) is 0.111. The molecular weight excluding hydrogens is 668 g/mol. The van der Waals surface area contributed by atoms with Gasteiger partial charge in [-0.3, -0.25) is 4.68 Å². The van der Waals surface area contributed by atoms with Crippen LogP contribution in [-0.2, 0) is 20.4 Å². The quantitative estimate of drug-likeness (QED) is 0.134. The van der Waals surface area contributed by atoms with E-state index < -0.39 is 17.5 Å². The summed E-state index contributed by atoms with van der Waals surface area (Å²) in [5.41, 5.74) is 5.10. The van der Waals surface area contributed by atoms with E-state index in [1.54, 1.807) is 24.7 Å². The smallest absolute Gasteiger partial charge is 0.509 e. The molecule has 45 heavy (non-hydrogen) atoms. The van der Waals surface area contributed by atoms with E-state index in [1.165, 1.54) is 0 Å². The van der Waals surface area contributed by atoms with Gasteiger partial charge in [0.05, 0.1) is 11.3 Å². The van der Waals surface area contributed by atoms with Crippen LogP contribution >= 0.6 is 0 Å². The number of nitrogens with zero attached hydrogens (tertiary/aromatic N) is 4. The van der Waals surface area contributed by atoms with Crippen molar-refractivity contribution in [2.24, 2.45) is 0 Å². The molecule has 0 atom stereocenters. The van der Waals surface area contributed by atoms with Crippen molar-refractivity contribution >= 4 is 21.8 Å². The topological polar surface area (TPSA) is 44.9 Å². The van der Waals surface area contributed by atoms with Crippen LogP contribution < -0.4 is 4.74 Å². The van der Waals surface area contributed by atoms with Gasteiger partial charge in [0.2, 0.25) is 0 Å². The van der Waals surface area contributed by atoms with E-state index in [9.17, 15) is 13.2 Å². The second kappa shape index (κ2) is 11.7. The Hall–Kier alpha value is -4.71. The second-order valence-electron chi connectivity index (χ2n) is 10.8. The predicted molar refractivity (Wildman–Crippen MR) is 164 cm³/mol. The van der Waals surface area contributed by atoms with E-state index in [0.29, 0.717) is 40.7 Å². The molecule has 7 aromatic rings. The van der Waals surface area contributed by atoms with Crippen molar-refractivity contribution in [2.75, 3.05) is 0 Å². The van der Waals surface area contributed by atoms with Crippen molar-refractivity contribution in [1.29, 1.82) is 0 Å². The molecule has 0 bridgehead atoms. The Balaban J connectivity index is 0.00000357. The minimum Gasteiger partial charge on any atom is -0.509 e. The summed E-state index contributed by atoms with van der Waals surface area (Å²) in [6.07, 6.45) is 1.79. The maximum Gasteiger partial charge on any atom is 2.00 e. The first kappa shape index (κ1) is 30.3. The summed E-state index contributed by atoms with van der Waals surface area (Å²) in [7, 11) is 0. The Bertz CT molecular complexity index is 2230. The number of hydrogen-bond acceptors (Lipinski definition) is 3. The second-order valence-corrected chi connectivity index (χ2v) is 10.8. The first-order chi connectivity index (χ1) is 21.2. The maximum absolute atomic E-state index is 14.7. The zero-order chi connectivity index (χ0) is 30.7. The number of aryl methyl sites for hydroxylation is 3. The average Bonchev–Trinajstić information content (AvgIpc) is 3.45. The summed E-state index contributed by atoms with van der Waals surface area (Å²) in [4.78, 5) is 4.63. The molecule has 3 heterocycles. The van der Waals surface area contributed by atoms with E-state index >= 15 is 0 Å². The molecule has 0 aliphatic carbocycles. The van der Waals surface area contributed by atoms with Crippen LogP contribution in [0.3, 0.4) is 0 Å². The molecule has 3 aromatic heterocycles. The number of rotatable bonds is 5. The molecule has 0 fully saturated rings. The number of aromatic nitrogens is 4. The van der Waals surface area contributed by atoms with Gasteiger partial charge in [-0.05, 0) is 55.6 Å². The van der Waals surface area contributed by atoms with Crippen LogP contribution in [0.2, 0.25) is 0 Å². The summed E-state index contributed by atoms with van der Waals surface area (Å²) >= 11 is 0. The van der Waals surface area contributed by atoms with Gasteiger partial charge in [-0.2, -0.15) is 16.7 Å². The molecule has 0 aliphatic heterocycles. The van der Waals surface area contributed by atoms with E-state index in [0.717, 1.165) is 38.8 Å². The van der Waals surface area contributed by atoms with Gasteiger partial charge in [-0.25, -0.2) is 18.2 Å².